The van der Waals surface area contributed by atoms with Crippen molar-refractivity contribution in [1.29, 1.82) is 0 Å². The first-order valence-electron chi connectivity index (χ1n) is 14.2. The van der Waals surface area contributed by atoms with Crippen LogP contribution >= 0.6 is 62.3 Å². The zero-order valence-corrected chi connectivity index (χ0v) is 28.7. The number of nitrogens with zero attached hydrogens (tertiary/aromatic N) is 8. The molecule has 0 bridgehead atoms. The summed E-state index contributed by atoms with van der Waals surface area (Å²) < 4.78 is 4.04. The van der Waals surface area contributed by atoms with E-state index in [4.69, 9.17) is 46.4 Å². The highest BCUT2D eigenvalue weighted by Crippen LogP contribution is 2.35. The Bertz CT molecular complexity index is 2090. The number of hydrazine groups is 1. The summed E-state index contributed by atoms with van der Waals surface area (Å²) in [6.45, 7) is 0.805. The van der Waals surface area contributed by atoms with Crippen LogP contribution in [0.4, 0.5) is 0 Å². The molecular formula is C32H21BrCl4N8O2. The largest absolute Gasteiger partial charge is 0.276 e. The minimum Gasteiger partial charge on any atom is -0.267 e. The Labute approximate surface area is 296 Å². The van der Waals surface area contributed by atoms with Crippen LogP contribution < -0.4 is 0 Å². The monoisotopic (exact) mass is 768 g/mol. The van der Waals surface area contributed by atoms with Crippen molar-refractivity contribution in [3.8, 4) is 0 Å². The van der Waals surface area contributed by atoms with Crippen molar-refractivity contribution in [3.63, 3.8) is 0 Å². The Morgan fingerprint density at radius 3 is 1.74 bits per heavy atom. The number of aromatic nitrogens is 6. The molecule has 0 fully saturated rings. The molecule has 1 aliphatic rings. The molecule has 15 heteroatoms. The molecule has 7 rings (SSSR count). The van der Waals surface area contributed by atoms with Crippen molar-refractivity contribution in [2.24, 2.45) is 0 Å². The summed E-state index contributed by atoms with van der Waals surface area (Å²) >= 11 is 28.4. The van der Waals surface area contributed by atoms with Crippen LogP contribution in [0, 0.1) is 0 Å². The zero-order chi connectivity index (χ0) is 32.8. The summed E-state index contributed by atoms with van der Waals surface area (Å²) in [7, 11) is 0. The first kappa shape index (κ1) is 31.7. The summed E-state index contributed by atoms with van der Waals surface area (Å²) in [5.74, 6) is -0.932. The first-order valence-corrected chi connectivity index (χ1v) is 16.5. The molecule has 2 amide bonds. The number of amides is 2. The van der Waals surface area contributed by atoms with Gasteiger partial charge in [-0.15, -0.1) is 10.2 Å². The van der Waals surface area contributed by atoms with Gasteiger partial charge in [-0.3, -0.25) is 9.59 Å². The second kappa shape index (κ2) is 13.0. The standard InChI is InChI=1S/C32H21BrCl4N8O2/c33-27-9-8-26-30-24(27)2-1-3-25(30)31(46)45(32(26)47)44(16-22-14-42(40-38-22)12-18-4-6-20(34)10-28(18)36)17-23-15-43(41-39-23)13-19-5-7-21(35)11-29(19)37/h1-11,14-15H,12-13,16-17H2. The highest BCUT2D eigenvalue weighted by atomic mass is 79.9. The molecule has 0 spiro atoms. The summed E-state index contributed by atoms with van der Waals surface area (Å²) in [5, 5.41) is 23.4. The summed E-state index contributed by atoms with van der Waals surface area (Å²) in [5.41, 5.74) is 3.45. The lowest BCUT2D eigenvalue weighted by atomic mass is 9.95. The Morgan fingerprint density at radius 1 is 0.681 bits per heavy atom. The van der Waals surface area contributed by atoms with E-state index in [1.807, 2.05) is 18.2 Å². The topological polar surface area (TPSA) is 102 Å². The quantitative estimate of drug-likeness (QED) is 0.139. The van der Waals surface area contributed by atoms with Gasteiger partial charge in [-0.1, -0.05) is 97.0 Å². The van der Waals surface area contributed by atoms with Gasteiger partial charge in [0.15, 0.2) is 0 Å². The molecule has 1 aliphatic heterocycles. The molecule has 0 unspecified atom stereocenters. The minimum absolute atomic E-state index is 0.0591. The first-order chi connectivity index (χ1) is 22.6. The van der Waals surface area contributed by atoms with E-state index in [-0.39, 0.29) is 13.1 Å². The smallest absolute Gasteiger partial charge is 0.267 e. The van der Waals surface area contributed by atoms with Gasteiger partial charge < -0.3 is 0 Å². The van der Waals surface area contributed by atoms with Crippen molar-refractivity contribution in [2.75, 3.05) is 0 Å². The fraction of sp³-hybridized carbons (Fsp3) is 0.125. The maximum atomic E-state index is 14.1. The Kier molecular flexibility index (Phi) is 8.77. The van der Waals surface area contributed by atoms with Gasteiger partial charge in [-0.05, 0) is 59.0 Å². The zero-order valence-electron chi connectivity index (χ0n) is 24.1. The van der Waals surface area contributed by atoms with Crippen molar-refractivity contribution in [2.45, 2.75) is 26.2 Å². The van der Waals surface area contributed by atoms with Crippen LogP contribution in [0.3, 0.4) is 0 Å². The Morgan fingerprint density at radius 2 is 1.21 bits per heavy atom. The highest BCUT2D eigenvalue weighted by Gasteiger charge is 2.38. The van der Waals surface area contributed by atoms with Gasteiger partial charge in [0.1, 0.15) is 0 Å². The molecule has 4 aromatic carbocycles. The predicted molar refractivity (Wildman–Crippen MR) is 183 cm³/mol. The minimum atomic E-state index is -0.466. The number of rotatable bonds is 9. The van der Waals surface area contributed by atoms with Crippen LogP contribution in [0.15, 0.2) is 83.6 Å². The van der Waals surface area contributed by atoms with Crippen molar-refractivity contribution >= 4 is 84.9 Å². The van der Waals surface area contributed by atoms with Crippen LogP contribution in [0.2, 0.25) is 20.1 Å². The predicted octanol–water partition coefficient (Wildman–Crippen LogP) is 7.71. The molecule has 0 N–H and O–H groups in total. The van der Waals surface area contributed by atoms with E-state index in [1.54, 1.807) is 75.3 Å². The Hall–Kier alpha value is -3.84. The van der Waals surface area contributed by atoms with E-state index >= 15 is 0 Å². The van der Waals surface area contributed by atoms with Gasteiger partial charge in [0, 0.05) is 29.9 Å². The number of hydrogen-bond acceptors (Lipinski definition) is 7. The molecule has 2 aromatic heterocycles. The fourth-order valence-corrected chi connectivity index (χ4v) is 6.90. The number of carbonyl (C=O) groups excluding carboxylic acids is 2. The van der Waals surface area contributed by atoms with Gasteiger partial charge in [-0.2, -0.15) is 5.01 Å². The number of benzene rings is 4. The average molecular weight is 771 g/mol. The summed E-state index contributed by atoms with van der Waals surface area (Å²) in [6, 6.07) is 19.4. The number of carbonyl (C=O) groups is 2. The maximum absolute atomic E-state index is 14.1. The van der Waals surface area contributed by atoms with Gasteiger partial charge in [0.25, 0.3) is 11.8 Å². The summed E-state index contributed by atoms with van der Waals surface area (Å²) in [4.78, 5) is 28.2. The van der Waals surface area contributed by atoms with E-state index < -0.39 is 11.8 Å². The van der Waals surface area contributed by atoms with Crippen molar-refractivity contribution in [3.05, 3.63) is 137 Å². The molecular weight excluding hydrogens is 750 g/mol. The molecule has 10 nitrogen and oxygen atoms in total. The van der Waals surface area contributed by atoms with E-state index in [0.29, 0.717) is 61.1 Å². The van der Waals surface area contributed by atoms with Crippen LogP contribution in [-0.2, 0) is 26.2 Å². The number of imide groups is 1. The molecule has 6 aromatic rings. The average Bonchev–Trinajstić information content (AvgIpc) is 3.68. The second-order valence-electron chi connectivity index (χ2n) is 10.9. The molecule has 3 heterocycles. The molecule has 47 heavy (non-hydrogen) atoms. The van der Waals surface area contributed by atoms with Crippen molar-refractivity contribution < 1.29 is 9.59 Å². The third kappa shape index (κ3) is 6.39. The third-order valence-electron chi connectivity index (χ3n) is 7.67. The van der Waals surface area contributed by atoms with Crippen LogP contribution in [0.1, 0.15) is 43.2 Å². The molecule has 0 radical (unpaired) electrons. The van der Waals surface area contributed by atoms with Crippen LogP contribution in [-0.4, -0.2) is 51.8 Å². The normalized spacial score (nSPS) is 12.9. The van der Waals surface area contributed by atoms with E-state index in [9.17, 15) is 9.59 Å². The van der Waals surface area contributed by atoms with Gasteiger partial charge >= 0.3 is 0 Å². The fourth-order valence-electron chi connectivity index (χ4n) is 5.50. The molecule has 0 atom stereocenters. The summed E-state index contributed by atoms with van der Waals surface area (Å²) in [6.07, 6.45) is 3.48. The third-order valence-corrected chi connectivity index (χ3v) is 9.54. The molecule has 0 aliphatic carbocycles. The molecule has 0 saturated carbocycles. The van der Waals surface area contributed by atoms with Crippen molar-refractivity contribution in [1.82, 2.24) is 40.0 Å². The lowest BCUT2D eigenvalue weighted by molar-refractivity contribution is -0.0130. The maximum Gasteiger partial charge on any atom is 0.276 e. The molecule has 236 valence electrons. The van der Waals surface area contributed by atoms with Crippen LogP contribution in [0.25, 0.3) is 10.8 Å². The van der Waals surface area contributed by atoms with Gasteiger partial charge in [-0.25, -0.2) is 14.4 Å². The highest BCUT2D eigenvalue weighted by molar-refractivity contribution is 9.10. The van der Waals surface area contributed by atoms with E-state index in [2.05, 4.69) is 36.6 Å². The van der Waals surface area contributed by atoms with E-state index in [0.717, 1.165) is 26.0 Å². The van der Waals surface area contributed by atoms with E-state index in [1.165, 1.54) is 0 Å². The lowest BCUT2D eigenvalue weighted by Gasteiger charge is -2.35. The second-order valence-corrected chi connectivity index (χ2v) is 13.4. The number of halogens is 5. The Balaban J connectivity index is 1.21. The number of hydrogen-bond donors (Lipinski definition) is 0. The van der Waals surface area contributed by atoms with Gasteiger partial charge in [0.05, 0.1) is 61.1 Å². The van der Waals surface area contributed by atoms with Gasteiger partial charge in [0.2, 0.25) is 0 Å². The SMILES string of the molecule is O=C1c2cccc3c(Br)ccc(c23)C(=O)N1N(Cc1cn(Cc2ccc(Cl)cc2Cl)nn1)Cc1cn(Cc2ccc(Cl)cc2Cl)nn1. The lowest BCUT2D eigenvalue weighted by Crippen LogP contribution is -2.51. The molecule has 0 saturated heterocycles. The van der Waals surface area contributed by atoms with Crippen LogP contribution in [0.5, 0.6) is 0 Å².